The number of likely N-dealkylation sites (N-methyl/N-ethyl adjacent to an activating group) is 1. The first-order valence-electron chi connectivity index (χ1n) is 5.65. The molecule has 7 heteroatoms. The average Bonchev–Trinajstić information content (AvgIpc) is 2.14. The highest BCUT2D eigenvalue weighted by Crippen LogP contribution is 2.05. The van der Waals surface area contributed by atoms with Gasteiger partial charge < -0.3 is 10.2 Å². The number of nitrogens with zero attached hydrogens (tertiary/aromatic N) is 2. The molecule has 0 radical (unpaired) electrons. The molecule has 0 bridgehead atoms. The van der Waals surface area contributed by atoms with Gasteiger partial charge in [-0.2, -0.15) is 4.31 Å². The largest absolute Gasteiger partial charge is 0.338 e. The molecule has 1 aliphatic rings. The second-order valence-corrected chi connectivity index (χ2v) is 6.88. The summed E-state index contributed by atoms with van der Waals surface area (Å²) >= 11 is 0. The van der Waals surface area contributed by atoms with Crippen LogP contribution in [0.2, 0.25) is 0 Å². The van der Waals surface area contributed by atoms with Gasteiger partial charge >= 0.3 is 0 Å². The Kier molecular flexibility index (Phi) is 4.51. The zero-order chi connectivity index (χ0) is 13.2. The minimum Gasteiger partial charge on any atom is -0.338 e. The number of nitrogens with one attached hydrogen (secondary N) is 1. The first kappa shape index (κ1) is 14.4. The van der Waals surface area contributed by atoms with Crippen LogP contribution in [-0.4, -0.2) is 68.6 Å². The highest BCUT2D eigenvalue weighted by Gasteiger charge is 2.26. The van der Waals surface area contributed by atoms with Crippen molar-refractivity contribution in [2.24, 2.45) is 0 Å². The molecule has 0 saturated carbocycles. The number of carbonyl (C=O) groups is 1. The van der Waals surface area contributed by atoms with E-state index < -0.39 is 10.0 Å². The van der Waals surface area contributed by atoms with E-state index in [1.807, 2.05) is 13.8 Å². The van der Waals surface area contributed by atoms with Crippen molar-refractivity contribution in [2.75, 3.05) is 32.9 Å². The Bertz CT molecular complexity index is 372. The lowest BCUT2D eigenvalue weighted by molar-refractivity contribution is -0.132. The molecule has 1 rings (SSSR count). The molecule has 1 heterocycles. The van der Waals surface area contributed by atoms with Gasteiger partial charge in [-0.15, -0.1) is 0 Å². The van der Waals surface area contributed by atoms with Gasteiger partial charge in [-0.1, -0.05) is 0 Å². The van der Waals surface area contributed by atoms with Gasteiger partial charge in [0.2, 0.25) is 15.9 Å². The van der Waals surface area contributed by atoms with Gasteiger partial charge in [0, 0.05) is 32.2 Å². The molecule has 0 aromatic heterocycles. The lowest BCUT2D eigenvalue weighted by atomic mass is 10.1. The third-order valence-electron chi connectivity index (χ3n) is 2.83. The van der Waals surface area contributed by atoms with Gasteiger partial charge in [0.15, 0.2) is 0 Å². The SMILES string of the molecule is CC1CN(C(=O)CN(C)S(C)(=O)=O)CC(C)N1. The molecule has 6 nitrogen and oxygen atoms in total. The van der Waals surface area contributed by atoms with Crippen LogP contribution < -0.4 is 5.32 Å². The van der Waals surface area contributed by atoms with Gasteiger partial charge in [-0.3, -0.25) is 4.79 Å². The Balaban J connectivity index is 2.59. The zero-order valence-corrected chi connectivity index (χ0v) is 11.6. The van der Waals surface area contributed by atoms with Crippen LogP contribution in [0.4, 0.5) is 0 Å². The van der Waals surface area contributed by atoms with Crippen LogP contribution in [-0.2, 0) is 14.8 Å². The van der Waals surface area contributed by atoms with Gasteiger partial charge in [-0.25, -0.2) is 8.42 Å². The lowest BCUT2D eigenvalue weighted by Gasteiger charge is -2.36. The predicted octanol–water partition coefficient (Wildman–Crippen LogP) is -0.913. The maximum Gasteiger partial charge on any atom is 0.237 e. The zero-order valence-electron chi connectivity index (χ0n) is 10.8. The Morgan fingerprint density at radius 3 is 2.24 bits per heavy atom. The fourth-order valence-electron chi connectivity index (χ4n) is 1.94. The van der Waals surface area contributed by atoms with Crippen molar-refractivity contribution in [3.05, 3.63) is 0 Å². The maximum absolute atomic E-state index is 11.9. The van der Waals surface area contributed by atoms with Crippen LogP contribution in [0.5, 0.6) is 0 Å². The smallest absolute Gasteiger partial charge is 0.237 e. The highest BCUT2D eigenvalue weighted by atomic mass is 32.2. The van der Waals surface area contributed by atoms with Crippen LogP contribution >= 0.6 is 0 Å². The normalized spacial score (nSPS) is 26.3. The standard InChI is InChI=1S/C10H21N3O3S/c1-8-5-13(6-9(2)11-8)10(14)7-12(3)17(4,15)16/h8-9,11H,5-7H2,1-4H3. The maximum atomic E-state index is 11.9. The Hall–Kier alpha value is -0.660. The van der Waals surface area contributed by atoms with Crippen molar-refractivity contribution in [1.82, 2.24) is 14.5 Å². The second kappa shape index (κ2) is 5.32. The molecular weight excluding hydrogens is 242 g/mol. The second-order valence-electron chi connectivity index (χ2n) is 4.79. The fraction of sp³-hybridized carbons (Fsp3) is 0.900. The first-order chi connectivity index (χ1) is 7.70. The lowest BCUT2D eigenvalue weighted by Crippen LogP contribution is -2.57. The van der Waals surface area contributed by atoms with E-state index in [1.165, 1.54) is 7.05 Å². The number of sulfonamides is 1. The summed E-state index contributed by atoms with van der Waals surface area (Å²) in [4.78, 5) is 13.7. The van der Waals surface area contributed by atoms with E-state index in [0.29, 0.717) is 13.1 Å². The quantitative estimate of drug-likeness (QED) is 0.715. The van der Waals surface area contributed by atoms with E-state index in [-0.39, 0.29) is 24.5 Å². The molecule has 0 aromatic rings. The fourth-order valence-corrected chi connectivity index (χ4v) is 2.28. The summed E-state index contributed by atoms with van der Waals surface area (Å²) in [6, 6.07) is 0.484. The molecule has 1 amide bonds. The molecule has 0 aliphatic carbocycles. The third-order valence-corrected chi connectivity index (χ3v) is 4.10. The molecule has 1 fully saturated rings. The van der Waals surface area contributed by atoms with E-state index in [0.717, 1.165) is 10.6 Å². The van der Waals surface area contributed by atoms with Crippen molar-refractivity contribution in [3.63, 3.8) is 0 Å². The first-order valence-corrected chi connectivity index (χ1v) is 7.50. The summed E-state index contributed by atoms with van der Waals surface area (Å²) < 4.78 is 23.5. The van der Waals surface area contributed by atoms with Gasteiger partial charge in [0.25, 0.3) is 0 Å². The van der Waals surface area contributed by atoms with E-state index in [2.05, 4.69) is 5.32 Å². The molecule has 2 atom stereocenters. The Labute approximate surface area is 103 Å². The van der Waals surface area contributed by atoms with E-state index in [9.17, 15) is 13.2 Å². The average molecular weight is 263 g/mol. The predicted molar refractivity (Wildman–Crippen MR) is 66.1 cm³/mol. The number of amides is 1. The molecule has 100 valence electrons. The van der Waals surface area contributed by atoms with E-state index in [1.54, 1.807) is 4.90 Å². The molecule has 0 spiro atoms. The topological polar surface area (TPSA) is 69.7 Å². The highest BCUT2D eigenvalue weighted by molar-refractivity contribution is 7.88. The van der Waals surface area contributed by atoms with Crippen LogP contribution in [0.1, 0.15) is 13.8 Å². The van der Waals surface area contributed by atoms with E-state index in [4.69, 9.17) is 0 Å². The number of piperazine rings is 1. The van der Waals surface area contributed by atoms with Crippen molar-refractivity contribution in [1.29, 1.82) is 0 Å². The number of carbonyl (C=O) groups excluding carboxylic acids is 1. The summed E-state index contributed by atoms with van der Waals surface area (Å²) in [6.45, 7) is 5.19. The summed E-state index contributed by atoms with van der Waals surface area (Å²) in [5.41, 5.74) is 0. The van der Waals surface area contributed by atoms with Gasteiger partial charge in [-0.05, 0) is 13.8 Å². The van der Waals surface area contributed by atoms with Crippen LogP contribution in [0.15, 0.2) is 0 Å². The molecule has 1 N–H and O–H groups in total. The molecular formula is C10H21N3O3S. The van der Waals surface area contributed by atoms with Crippen molar-refractivity contribution in [3.8, 4) is 0 Å². The van der Waals surface area contributed by atoms with Gasteiger partial charge in [0.1, 0.15) is 0 Å². The van der Waals surface area contributed by atoms with Gasteiger partial charge in [0.05, 0.1) is 12.8 Å². The molecule has 1 aliphatic heterocycles. The van der Waals surface area contributed by atoms with E-state index >= 15 is 0 Å². The number of hydrogen-bond donors (Lipinski definition) is 1. The molecule has 2 unspecified atom stereocenters. The summed E-state index contributed by atoms with van der Waals surface area (Å²) in [6.07, 6.45) is 1.10. The summed E-state index contributed by atoms with van der Waals surface area (Å²) in [5, 5.41) is 3.32. The van der Waals surface area contributed by atoms with Crippen LogP contribution in [0.3, 0.4) is 0 Å². The van der Waals surface area contributed by atoms with Crippen molar-refractivity contribution < 1.29 is 13.2 Å². The number of hydrogen-bond acceptors (Lipinski definition) is 4. The Morgan fingerprint density at radius 2 is 1.82 bits per heavy atom. The minimum absolute atomic E-state index is 0.0850. The van der Waals surface area contributed by atoms with Crippen molar-refractivity contribution >= 4 is 15.9 Å². The van der Waals surface area contributed by atoms with Crippen LogP contribution in [0, 0.1) is 0 Å². The third kappa shape index (κ3) is 4.25. The summed E-state index contributed by atoms with van der Waals surface area (Å²) in [7, 11) is -1.87. The minimum atomic E-state index is -3.29. The summed E-state index contributed by atoms with van der Waals surface area (Å²) in [5.74, 6) is -0.141. The van der Waals surface area contributed by atoms with Crippen LogP contribution in [0.25, 0.3) is 0 Å². The monoisotopic (exact) mass is 263 g/mol. The Morgan fingerprint density at radius 1 is 1.35 bits per heavy atom. The molecule has 17 heavy (non-hydrogen) atoms. The molecule has 0 aromatic carbocycles. The number of rotatable bonds is 3. The molecule has 1 saturated heterocycles. The van der Waals surface area contributed by atoms with Crippen molar-refractivity contribution in [2.45, 2.75) is 25.9 Å².